The van der Waals surface area contributed by atoms with Crippen molar-refractivity contribution < 1.29 is 0 Å². The van der Waals surface area contributed by atoms with E-state index in [1.54, 1.807) is 0 Å². The van der Waals surface area contributed by atoms with E-state index in [0.29, 0.717) is 0 Å². The van der Waals surface area contributed by atoms with E-state index in [2.05, 4.69) is 250 Å². The van der Waals surface area contributed by atoms with Crippen molar-refractivity contribution in [1.82, 2.24) is 0 Å². The Balaban J connectivity index is 1.10. The lowest BCUT2D eigenvalue weighted by molar-refractivity contribution is 1.16. The summed E-state index contributed by atoms with van der Waals surface area (Å²) in [5.74, 6) is 0. The van der Waals surface area contributed by atoms with Crippen LogP contribution in [-0.2, 0) is 0 Å². The highest BCUT2D eigenvalue weighted by molar-refractivity contribution is 6.15. The fourth-order valence-corrected chi connectivity index (χ4v) is 10.3. The molecular weight excluding hydrogens is 807 g/mol. The third kappa shape index (κ3) is 7.32. The van der Waals surface area contributed by atoms with Gasteiger partial charge in [0.25, 0.3) is 0 Å². The predicted molar refractivity (Wildman–Crippen MR) is 293 cm³/mol. The Bertz CT molecular complexity index is 3860. The first-order chi connectivity index (χ1) is 33.0. The average Bonchev–Trinajstić information content (AvgIpc) is 3.38. The van der Waals surface area contributed by atoms with Gasteiger partial charge in [0.2, 0.25) is 0 Å². The molecule has 0 N–H and O–H groups in total. The Labute approximate surface area is 392 Å². The smallest absolute Gasteiger partial charge is 0.0537 e. The zero-order chi connectivity index (χ0) is 45.4. The fraction of sp³-hybridized carbons (Fsp3) is 0.0303. The molecule has 0 heterocycles. The summed E-state index contributed by atoms with van der Waals surface area (Å²) in [5.41, 5.74) is 12.7. The van der Waals surface area contributed by atoms with E-state index in [9.17, 15) is 0 Å². The van der Waals surface area contributed by atoms with E-state index in [1.807, 2.05) is 18.2 Å². The van der Waals surface area contributed by atoms with Gasteiger partial charge >= 0.3 is 0 Å². The molecule has 1 heteroatoms. The van der Waals surface area contributed by atoms with E-state index in [1.165, 1.54) is 92.6 Å². The topological polar surface area (TPSA) is 3.24 Å². The molecule has 11 aromatic carbocycles. The van der Waals surface area contributed by atoms with Crippen LogP contribution in [0, 0.1) is 6.92 Å². The number of fused-ring (bicyclic) bond motifs is 8. The largest absolute Gasteiger partial charge is 0.314 e. The lowest BCUT2D eigenvalue weighted by Gasteiger charge is -2.28. The number of hydrogen-bond donors (Lipinski definition) is 0. The van der Waals surface area contributed by atoms with Crippen LogP contribution in [0.2, 0.25) is 0 Å². The number of anilines is 2. The van der Waals surface area contributed by atoms with Gasteiger partial charge in [0.15, 0.2) is 0 Å². The molecule has 0 fully saturated rings. The van der Waals surface area contributed by atoms with Crippen LogP contribution in [0.4, 0.5) is 11.4 Å². The number of nitrogens with zero attached hydrogens (tertiary/aromatic N) is 1. The van der Waals surface area contributed by atoms with Crippen LogP contribution >= 0.6 is 0 Å². The summed E-state index contributed by atoms with van der Waals surface area (Å²) in [5, 5.41) is 14.8. The summed E-state index contributed by atoms with van der Waals surface area (Å²) >= 11 is 0. The zero-order valence-electron chi connectivity index (χ0n) is 37.9. The van der Waals surface area contributed by atoms with Crippen molar-refractivity contribution in [1.29, 1.82) is 0 Å². The fourth-order valence-electron chi connectivity index (χ4n) is 10.3. The SMILES string of the molecule is C=C/C=C\c1c(-c2ccc(N(/C(C)=C/C=C(\C=C)c3cc4ccccc4c4ccccc34)c3ccc(-c4cc5ccccc5c5ccccc45)cc3)c3ccccc23)cc2ccccc2c1C. The minimum absolute atomic E-state index is 1.06. The number of hydrogen-bond acceptors (Lipinski definition) is 1. The molecule has 0 aliphatic heterocycles. The molecule has 67 heavy (non-hydrogen) atoms. The van der Waals surface area contributed by atoms with Crippen molar-refractivity contribution in [2.45, 2.75) is 13.8 Å². The molecule has 11 rings (SSSR count). The molecule has 0 amide bonds. The van der Waals surface area contributed by atoms with Crippen LogP contribution in [0.25, 0.3) is 98.5 Å². The molecule has 318 valence electrons. The Morgan fingerprint density at radius 1 is 0.448 bits per heavy atom. The maximum absolute atomic E-state index is 4.35. The second-order valence-electron chi connectivity index (χ2n) is 17.4. The highest BCUT2D eigenvalue weighted by Gasteiger charge is 2.20. The van der Waals surface area contributed by atoms with Crippen LogP contribution in [0.1, 0.15) is 23.6 Å². The highest BCUT2D eigenvalue weighted by Crippen LogP contribution is 2.44. The molecule has 0 aliphatic carbocycles. The standard InChI is InChI=1S/C66H49N/c1-5-7-23-53-45(4)52-24-11-8-20-48(52)43-65(53)61-39-40-66(62-32-19-18-29-58(61)62)67(44(3)33-34-46(6-2)63-41-49-21-9-12-25-54(49)56-27-14-16-30-59(56)63)51-37-35-47(36-38-51)64-42-50-22-10-13-26-55(50)57-28-15-17-31-60(57)64/h5-43H,1-2H2,3-4H3/b23-7-,44-33+,46-34+. The Hall–Kier alpha value is -8.52. The first-order valence-electron chi connectivity index (χ1n) is 23.1. The Morgan fingerprint density at radius 3 is 1.60 bits per heavy atom. The number of rotatable bonds is 10. The molecule has 1 nitrogen and oxygen atoms in total. The summed E-state index contributed by atoms with van der Waals surface area (Å²) in [6.07, 6.45) is 12.6. The lowest BCUT2D eigenvalue weighted by atomic mass is 9.88. The highest BCUT2D eigenvalue weighted by atomic mass is 15.1. The van der Waals surface area contributed by atoms with E-state index < -0.39 is 0 Å². The molecule has 0 saturated carbocycles. The monoisotopic (exact) mass is 855 g/mol. The second-order valence-corrected chi connectivity index (χ2v) is 17.4. The molecule has 0 aliphatic rings. The minimum Gasteiger partial charge on any atom is -0.314 e. The molecular formula is C66H49N. The van der Waals surface area contributed by atoms with E-state index in [0.717, 1.165) is 33.6 Å². The van der Waals surface area contributed by atoms with Gasteiger partial charge in [0, 0.05) is 16.8 Å². The number of benzene rings is 11. The molecule has 0 radical (unpaired) electrons. The maximum atomic E-state index is 4.35. The first kappa shape index (κ1) is 41.2. The summed E-state index contributed by atoms with van der Waals surface area (Å²) in [6.45, 7) is 12.8. The molecule has 0 atom stereocenters. The van der Waals surface area contributed by atoms with Gasteiger partial charge in [-0.2, -0.15) is 0 Å². The molecule has 0 unspecified atom stereocenters. The van der Waals surface area contributed by atoms with Gasteiger partial charge in [0.1, 0.15) is 0 Å². The van der Waals surface area contributed by atoms with Gasteiger partial charge in [-0.15, -0.1) is 0 Å². The Kier molecular flexibility index (Phi) is 10.7. The molecule has 0 bridgehead atoms. The van der Waals surface area contributed by atoms with Crippen LogP contribution < -0.4 is 4.90 Å². The van der Waals surface area contributed by atoms with Gasteiger partial charge in [-0.05, 0) is 160 Å². The number of aryl methyl sites for hydroxylation is 1. The van der Waals surface area contributed by atoms with E-state index in [4.69, 9.17) is 0 Å². The summed E-state index contributed by atoms with van der Waals surface area (Å²) in [4.78, 5) is 2.41. The lowest BCUT2D eigenvalue weighted by Crippen LogP contribution is -2.15. The summed E-state index contributed by atoms with van der Waals surface area (Å²) in [6, 6.07) is 73.1. The van der Waals surface area contributed by atoms with Crippen molar-refractivity contribution in [3.05, 3.63) is 266 Å². The summed E-state index contributed by atoms with van der Waals surface area (Å²) < 4.78 is 0. The second kappa shape index (κ2) is 17.5. The van der Waals surface area contributed by atoms with Gasteiger partial charge in [0.05, 0.1) is 5.69 Å². The van der Waals surface area contributed by atoms with Crippen LogP contribution in [0.3, 0.4) is 0 Å². The maximum Gasteiger partial charge on any atom is 0.0537 e. The normalized spacial score (nSPS) is 12.3. The van der Waals surface area contributed by atoms with Crippen molar-refractivity contribution in [2.75, 3.05) is 4.90 Å². The molecule has 0 saturated heterocycles. The van der Waals surface area contributed by atoms with Crippen molar-refractivity contribution >= 4 is 87.7 Å². The third-order valence-corrected chi connectivity index (χ3v) is 13.6. The van der Waals surface area contributed by atoms with Gasteiger partial charge in [-0.25, -0.2) is 0 Å². The average molecular weight is 856 g/mol. The van der Waals surface area contributed by atoms with Crippen LogP contribution in [-0.4, -0.2) is 0 Å². The predicted octanol–water partition coefficient (Wildman–Crippen LogP) is 18.8. The molecule has 11 aromatic rings. The van der Waals surface area contributed by atoms with Crippen molar-refractivity contribution in [2.24, 2.45) is 0 Å². The first-order valence-corrected chi connectivity index (χ1v) is 23.1. The van der Waals surface area contributed by atoms with Gasteiger partial charge in [-0.3, -0.25) is 0 Å². The van der Waals surface area contributed by atoms with Crippen LogP contribution in [0.15, 0.2) is 249 Å². The summed E-state index contributed by atoms with van der Waals surface area (Å²) in [7, 11) is 0. The van der Waals surface area contributed by atoms with E-state index >= 15 is 0 Å². The Morgan fingerprint density at radius 2 is 0.955 bits per heavy atom. The van der Waals surface area contributed by atoms with Crippen molar-refractivity contribution in [3.63, 3.8) is 0 Å². The van der Waals surface area contributed by atoms with Crippen LogP contribution in [0.5, 0.6) is 0 Å². The van der Waals surface area contributed by atoms with Gasteiger partial charge in [-0.1, -0.05) is 207 Å². The zero-order valence-corrected chi connectivity index (χ0v) is 37.9. The van der Waals surface area contributed by atoms with Gasteiger partial charge < -0.3 is 4.90 Å². The third-order valence-electron chi connectivity index (χ3n) is 13.6. The van der Waals surface area contributed by atoms with E-state index in [-0.39, 0.29) is 0 Å². The molecule has 0 aromatic heterocycles. The number of allylic oxidation sites excluding steroid dienone is 7. The van der Waals surface area contributed by atoms with Crippen molar-refractivity contribution in [3.8, 4) is 22.3 Å². The minimum atomic E-state index is 1.06. The molecule has 0 spiro atoms. The quantitative estimate of drug-likeness (QED) is 0.0978.